The summed E-state index contributed by atoms with van der Waals surface area (Å²) in [6, 6.07) is 0. The molecule has 0 fully saturated rings. The first-order chi connectivity index (χ1) is 8.20. The van der Waals surface area contributed by atoms with Gasteiger partial charge in [0.05, 0.1) is 5.08 Å². The Labute approximate surface area is 119 Å². The Morgan fingerprint density at radius 3 is 2.35 bits per heavy atom. The Hall–Kier alpha value is 0.480. The molecule has 0 aliphatic heterocycles. The van der Waals surface area contributed by atoms with E-state index in [2.05, 4.69) is 12.6 Å². The van der Waals surface area contributed by atoms with Crippen molar-refractivity contribution in [1.82, 2.24) is 0 Å². The molecule has 0 spiro atoms. The van der Waals surface area contributed by atoms with Gasteiger partial charge in [0.2, 0.25) is 0 Å². The number of rotatable bonds is 10. The molecule has 0 aromatic carbocycles. The van der Waals surface area contributed by atoms with Crippen molar-refractivity contribution < 1.29 is 8.42 Å². The van der Waals surface area contributed by atoms with Gasteiger partial charge in [0.25, 0.3) is 0 Å². The van der Waals surface area contributed by atoms with Crippen molar-refractivity contribution in [3.8, 4) is 0 Å². The minimum absolute atomic E-state index is 0.608. The van der Waals surface area contributed by atoms with Crippen LogP contribution in [-0.4, -0.2) is 42.3 Å². The number of thiol groups is 1. The monoisotopic (exact) mass is 312 g/mol. The molecule has 0 saturated carbocycles. The van der Waals surface area contributed by atoms with Gasteiger partial charge in [-0.2, -0.15) is 12.6 Å². The van der Waals surface area contributed by atoms with E-state index < -0.39 is 21.6 Å². The van der Waals surface area contributed by atoms with Gasteiger partial charge in [-0.25, -0.2) is 0 Å². The third-order valence-corrected chi connectivity index (χ3v) is 5.88. The molecule has 0 aromatic heterocycles. The Balaban J connectivity index is 3.47. The van der Waals surface area contributed by atoms with Crippen LogP contribution in [0.25, 0.3) is 0 Å². The zero-order chi connectivity index (χ0) is 12.9. The first-order valence-corrected chi connectivity index (χ1v) is 10.2. The molecule has 2 atom stereocenters. The lowest BCUT2D eigenvalue weighted by Crippen LogP contribution is -1.98. The average molecular weight is 313 g/mol. The maximum atomic E-state index is 11.4. The molecule has 2 unspecified atom stereocenters. The highest BCUT2D eigenvalue weighted by atomic mass is 32.2. The minimum Gasteiger partial charge on any atom is -0.259 e. The van der Waals surface area contributed by atoms with Gasteiger partial charge in [0.15, 0.2) is 0 Å². The van der Waals surface area contributed by atoms with Crippen molar-refractivity contribution in [1.29, 1.82) is 0 Å². The molecule has 0 aliphatic carbocycles. The third kappa shape index (κ3) is 12.7. The van der Waals surface area contributed by atoms with Gasteiger partial charge in [-0.3, -0.25) is 8.42 Å². The Morgan fingerprint density at radius 1 is 1.06 bits per heavy atom. The first-order valence-electron chi connectivity index (χ1n) is 5.39. The van der Waals surface area contributed by atoms with E-state index >= 15 is 0 Å². The second kappa shape index (κ2) is 12.9. The van der Waals surface area contributed by atoms with Gasteiger partial charge in [0.1, 0.15) is 0 Å². The molecule has 0 aromatic rings. The summed E-state index contributed by atoms with van der Waals surface area (Å²) in [5.74, 6) is 3.48. The summed E-state index contributed by atoms with van der Waals surface area (Å²) >= 11 is 5.67. The molecule has 0 saturated heterocycles. The summed E-state index contributed by atoms with van der Waals surface area (Å²) in [6.45, 7) is 1.92. The molecular weight excluding hydrogens is 292 g/mol. The summed E-state index contributed by atoms with van der Waals surface area (Å²) in [4.78, 5) is 0. The number of hydrogen-bond acceptors (Lipinski definition) is 4. The van der Waals surface area contributed by atoms with Crippen molar-refractivity contribution >= 4 is 46.0 Å². The Morgan fingerprint density at radius 2 is 1.71 bits per heavy atom. The van der Waals surface area contributed by atoms with E-state index in [1.165, 1.54) is 0 Å². The van der Waals surface area contributed by atoms with Crippen molar-refractivity contribution in [2.24, 2.45) is 0 Å². The zero-order valence-corrected chi connectivity index (χ0v) is 13.4. The van der Waals surface area contributed by atoms with Crippen molar-refractivity contribution in [3.63, 3.8) is 0 Å². The molecule has 0 amide bonds. The van der Waals surface area contributed by atoms with Gasteiger partial charge in [0, 0.05) is 50.4 Å². The van der Waals surface area contributed by atoms with Crippen molar-refractivity contribution in [2.75, 3.05) is 33.8 Å². The zero-order valence-electron chi connectivity index (χ0n) is 10.0. The lowest BCUT2D eigenvalue weighted by molar-refractivity contribution is 0.685. The van der Waals surface area contributed by atoms with Gasteiger partial charge in [-0.05, 0) is 0 Å². The van der Waals surface area contributed by atoms with E-state index in [1.54, 1.807) is 11.8 Å². The van der Waals surface area contributed by atoms with Crippen LogP contribution in [0.3, 0.4) is 0 Å². The summed E-state index contributed by atoms with van der Waals surface area (Å²) in [6.07, 6.45) is 7.75. The molecule has 0 N–H and O–H groups in total. The number of hydrogen-bond donors (Lipinski definition) is 1. The highest BCUT2D eigenvalue weighted by Crippen LogP contribution is 2.03. The number of thioether (sulfide) groups is 1. The Kier molecular flexibility index (Phi) is 13.3. The van der Waals surface area contributed by atoms with Crippen molar-refractivity contribution in [2.45, 2.75) is 6.92 Å². The third-order valence-electron chi connectivity index (χ3n) is 1.75. The molecule has 0 aliphatic rings. The van der Waals surface area contributed by atoms with Crippen molar-refractivity contribution in [3.05, 3.63) is 24.3 Å². The largest absolute Gasteiger partial charge is 0.259 e. The molecule has 0 heterocycles. The van der Waals surface area contributed by atoms with Gasteiger partial charge < -0.3 is 0 Å². The van der Waals surface area contributed by atoms with Gasteiger partial charge >= 0.3 is 0 Å². The second-order valence-electron chi connectivity index (χ2n) is 3.12. The van der Waals surface area contributed by atoms with Crippen LogP contribution in [0.15, 0.2) is 24.3 Å². The maximum Gasteiger partial charge on any atom is 0.0698 e. The highest BCUT2D eigenvalue weighted by molar-refractivity contribution is 8.10. The SMILES string of the molecule is CCS(=O)C/C=C/CSCS(=O)C/C=C/CS. The van der Waals surface area contributed by atoms with Crippen LogP contribution in [0.2, 0.25) is 0 Å². The first kappa shape index (κ1) is 17.5. The normalized spacial score (nSPS) is 15.6. The molecule has 100 valence electrons. The lowest BCUT2D eigenvalue weighted by Gasteiger charge is -1.97. The predicted octanol–water partition coefficient (Wildman–Crippen LogP) is 2.24. The molecule has 17 heavy (non-hydrogen) atoms. The quantitative estimate of drug-likeness (QED) is 0.382. The van der Waals surface area contributed by atoms with E-state index in [1.807, 2.05) is 31.2 Å². The van der Waals surface area contributed by atoms with Crippen LogP contribution in [0.4, 0.5) is 0 Å². The van der Waals surface area contributed by atoms with E-state index in [0.29, 0.717) is 28.1 Å². The Bertz CT molecular complexity index is 287. The fourth-order valence-corrected chi connectivity index (χ4v) is 3.74. The maximum absolute atomic E-state index is 11.4. The van der Waals surface area contributed by atoms with E-state index in [0.717, 1.165) is 5.75 Å². The van der Waals surface area contributed by atoms with Gasteiger partial charge in [-0.15, -0.1) is 11.8 Å². The fourth-order valence-electron chi connectivity index (χ4n) is 0.868. The van der Waals surface area contributed by atoms with Crippen LogP contribution in [0.1, 0.15) is 6.92 Å². The molecule has 6 heteroatoms. The van der Waals surface area contributed by atoms with E-state index in [-0.39, 0.29) is 0 Å². The standard InChI is InChI=1S/C11H20O2S4/c1-2-16(12)9-6-4-8-15-11-17(13)10-5-3-7-14/h3-6,14H,2,7-11H2,1H3/b5-3+,6-4+. The summed E-state index contributed by atoms with van der Waals surface area (Å²) in [7, 11) is -1.51. The molecule has 0 rings (SSSR count). The average Bonchev–Trinajstić information content (AvgIpc) is 2.33. The lowest BCUT2D eigenvalue weighted by atomic mass is 10.6. The predicted molar refractivity (Wildman–Crippen MR) is 86.0 cm³/mol. The second-order valence-corrected chi connectivity index (χ2v) is 8.17. The summed E-state index contributed by atoms with van der Waals surface area (Å²) < 4.78 is 22.5. The summed E-state index contributed by atoms with van der Waals surface area (Å²) in [5.41, 5.74) is 0. The van der Waals surface area contributed by atoms with E-state index in [4.69, 9.17) is 0 Å². The highest BCUT2D eigenvalue weighted by Gasteiger charge is 1.95. The molecular formula is C11H20O2S4. The summed E-state index contributed by atoms with van der Waals surface area (Å²) in [5, 5.41) is 0.651. The van der Waals surface area contributed by atoms with Crippen LogP contribution in [0.5, 0.6) is 0 Å². The molecule has 0 radical (unpaired) electrons. The smallest absolute Gasteiger partial charge is 0.0698 e. The minimum atomic E-state index is -0.789. The molecule has 0 bridgehead atoms. The van der Waals surface area contributed by atoms with E-state index in [9.17, 15) is 8.42 Å². The van der Waals surface area contributed by atoms with Gasteiger partial charge in [-0.1, -0.05) is 31.2 Å². The topological polar surface area (TPSA) is 34.1 Å². The van der Waals surface area contributed by atoms with Crippen LogP contribution in [0, 0.1) is 0 Å². The molecule has 2 nitrogen and oxygen atoms in total. The van der Waals surface area contributed by atoms with Crippen LogP contribution < -0.4 is 0 Å². The van der Waals surface area contributed by atoms with Crippen LogP contribution >= 0.6 is 24.4 Å². The fraction of sp³-hybridized carbons (Fsp3) is 0.636. The van der Waals surface area contributed by atoms with Crippen LogP contribution in [-0.2, 0) is 21.6 Å².